The highest BCUT2D eigenvalue weighted by atomic mass is 32.1. The van der Waals surface area contributed by atoms with Crippen LogP contribution < -0.4 is 0 Å². The van der Waals surface area contributed by atoms with Gasteiger partial charge in [0.25, 0.3) is 0 Å². The zero-order valence-electron chi connectivity index (χ0n) is 5.37. The van der Waals surface area contributed by atoms with E-state index < -0.39 is 0 Å². The van der Waals surface area contributed by atoms with E-state index in [0.29, 0.717) is 5.92 Å². The van der Waals surface area contributed by atoms with Crippen molar-refractivity contribution in [2.75, 3.05) is 0 Å². The summed E-state index contributed by atoms with van der Waals surface area (Å²) in [5.41, 5.74) is 1.84. The molecule has 0 saturated carbocycles. The van der Waals surface area contributed by atoms with Crippen molar-refractivity contribution in [3.05, 3.63) is 29.2 Å². The van der Waals surface area contributed by atoms with Crippen LogP contribution in [0, 0.1) is 0 Å². The van der Waals surface area contributed by atoms with Gasteiger partial charge in [0.2, 0.25) is 0 Å². The molecule has 0 aliphatic carbocycles. The van der Waals surface area contributed by atoms with Gasteiger partial charge in [-0.3, -0.25) is 4.98 Å². The third-order valence-corrected chi connectivity index (χ3v) is 2.23. The Morgan fingerprint density at radius 1 is 1.89 bits per heavy atom. The maximum Gasteiger partial charge on any atom is 0.0794 e. The number of nitrogens with zero attached hydrogens (tertiary/aromatic N) is 1. The van der Waals surface area contributed by atoms with Gasteiger partial charge in [-0.25, -0.2) is 0 Å². The third kappa shape index (κ3) is 1.39. The van der Waals surface area contributed by atoms with Gasteiger partial charge in [0.05, 0.1) is 5.51 Å². The van der Waals surface area contributed by atoms with E-state index in [-0.39, 0.29) is 0 Å². The second-order valence-corrected chi connectivity index (χ2v) is 2.85. The van der Waals surface area contributed by atoms with Gasteiger partial charge in [0.1, 0.15) is 0 Å². The molecule has 0 bridgehead atoms. The van der Waals surface area contributed by atoms with Crippen LogP contribution in [0.2, 0.25) is 0 Å². The fraction of sp³-hybridized carbons (Fsp3) is 0.286. The van der Waals surface area contributed by atoms with Crippen LogP contribution in [-0.2, 0) is 0 Å². The molecular formula is C7H9NS. The summed E-state index contributed by atoms with van der Waals surface area (Å²) in [5, 5.41) is 0. The SMILES string of the molecule is C=CC(C)c1cncs1. The number of hydrogen-bond donors (Lipinski definition) is 0. The van der Waals surface area contributed by atoms with Gasteiger partial charge in [-0.1, -0.05) is 13.0 Å². The summed E-state index contributed by atoms with van der Waals surface area (Å²) in [4.78, 5) is 5.24. The Hall–Kier alpha value is -0.630. The smallest absolute Gasteiger partial charge is 0.0794 e. The van der Waals surface area contributed by atoms with E-state index in [1.54, 1.807) is 11.3 Å². The van der Waals surface area contributed by atoms with E-state index in [4.69, 9.17) is 0 Å². The van der Waals surface area contributed by atoms with E-state index in [2.05, 4.69) is 18.5 Å². The summed E-state index contributed by atoms with van der Waals surface area (Å²) in [5.74, 6) is 0.456. The monoisotopic (exact) mass is 139 g/mol. The van der Waals surface area contributed by atoms with Crippen molar-refractivity contribution in [1.82, 2.24) is 4.98 Å². The van der Waals surface area contributed by atoms with Crippen LogP contribution in [-0.4, -0.2) is 4.98 Å². The van der Waals surface area contributed by atoms with Crippen molar-refractivity contribution in [3.8, 4) is 0 Å². The molecule has 0 radical (unpaired) electrons. The summed E-state index contributed by atoms with van der Waals surface area (Å²) < 4.78 is 0. The van der Waals surface area contributed by atoms with Gasteiger partial charge in [-0.15, -0.1) is 17.9 Å². The summed E-state index contributed by atoms with van der Waals surface area (Å²) in [6, 6.07) is 0. The normalized spacial score (nSPS) is 13.0. The summed E-state index contributed by atoms with van der Waals surface area (Å²) in [6.45, 7) is 5.81. The highest BCUT2D eigenvalue weighted by Crippen LogP contribution is 2.18. The van der Waals surface area contributed by atoms with Crippen molar-refractivity contribution in [3.63, 3.8) is 0 Å². The Morgan fingerprint density at radius 2 is 2.67 bits per heavy atom. The highest BCUT2D eigenvalue weighted by Gasteiger charge is 1.99. The first-order valence-corrected chi connectivity index (χ1v) is 3.73. The standard InChI is InChI=1S/C7H9NS/c1-3-6(2)7-4-8-5-9-7/h3-6H,1H2,2H3. The van der Waals surface area contributed by atoms with Gasteiger partial charge >= 0.3 is 0 Å². The number of aromatic nitrogens is 1. The molecule has 0 amide bonds. The van der Waals surface area contributed by atoms with Crippen LogP contribution in [0.25, 0.3) is 0 Å². The number of hydrogen-bond acceptors (Lipinski definition) is 2. The molecule has 1 nitrogen and oxygen atoms in total. The first-order chi connectivity index (χ1) is 4.34. The second kappa shape index (κ2) is 2.78. The number of allylic oxidation sites excluding steroid dienone is 1. The van der Waals surface area contributed by atoms with Crippen LogP contribution in [0.5, 0.6) is 0 Å². The fourth-order valence-corrected chi connectivity index (χ4v) is 1.24. The Bertz CT molecular complexity index is 179. The zero-order chi connectivity index (χ0) is 6.69. The maximum absolute atomic E-state index is 3.96. The lowest BCUT2D eigenvalue weighted by atomic mass is 10.2. The molecule has 1 aromatic rings. The molecule has 9 heavy (non-hydrogen) atoms. The molecule has 2 heteroatoms. The van der Waals surface area contributed by atoms with E-state index >= 15 is 0 Å². The average molecular weight is 139 g/mol. The minimum atomic E-state index is 0.456. The molecular weight excluding hydrogens is 130 g/mol. The van der Waals surface area contributed by atoms with E-state index in [1.807, 2.05) is 17.8 Å². The van der Waals surface area contributed by atoms with E-state index in [1.165, 1.54) is 4.88 Å². The lowest BCUT2D eigenvalue weighted by Crippen LogP contribution is -1.80. The van der Waals surface area contributed by atoms with Crippen LogP contribution in [0.4, 0.5) is 0 Å². The Balaban J connectivity index is 2.76. The van der Waals surface area contributed by atoms with Crippen molar-refractivity contribution < 1.29 is 0 Å². The Labute approximate surface area is 59.1 Å². The predicted molar refractivity (Wildman–Crippen MR) is 40.7 cm³/mol. The van der Waals surface area contributed by atoms with Crippen LogP contribution >= 0.6 is 11.3 Å². The highest BCUT2D eigenvalue weighted by molar-refractivity contribution is 7.09. The molecule has 1 aromatic heterocycles. The topological polar surface area (TPSA) is 12.9 Å². The molecule has 0 fully saturated rings. The third-order valence-electron chi connectivity index (χ3n) is 1.25. The van der Waals surface area contributed by atoms with Crippen LogP contribution in [0.3, 0.4) is 0 Å². The Morgan fingerprint density at radius 3 is 3.11 bits per heavy atom. The summed E-state index contributed by atoms with van der Waals surface area (Å²) in [7, 11) is 0. The van der Waals surface area contributed by atoms with Crippen LogP contribution in [0.15, 0.2) is 24.4 Å². The van der Waals surface area contributed by atoms with Crippen molar-refractivity contribution in [2.24, 2.45) is 0 Å². The summed E-state index contributed by atoms with van der Waals surface area (Å²) >= 11 is 1.67. The molecule has 1 rings (SSSR count). The van der Waals surface area contributed by atoms with Gasteiger partial charge < -0.3 is 0 Å². The molecule has 0 saturated heterocycles. The molecule has 0 spiro atoms. The minimum absolute atomic E-state index is 0.456. The Kier molecular flexibility index (Phi) is 2.01. The minimum Gasteiger partial charge on any atom is -0.253 e. The van der Waals surface area contributed by atoms with E-state index in [0.717, 1.165) is 0 Å². The van der Waals surface area contributed by atoms with Crippen LogP contribution in [0.1, 0.15) is 17.7 Å². The number of rotatable bonds is 2. The lowest BCUT2D eigenvalue weighted by molar-refractivity contribution is 0.994. The molecule has 1 atom stereocenters. The first kappa shape index (κ1) is 6.49. The largest absolute Gasteiger partial charge is 0.253 e. The molecule has 0 aliphatic heterocycles. The molecule has 1 heterocycles. The predicted octanol–water partition coefficient (Wildman–Crippen LogP) is 2.43. The van der Waals surface area contributed by atoms with Crippen molar-refractivity contribution >= 4 is 11.3 Å². The van der Waals surface area contributed by atoms with Gasteiger partial charge in [0, 0.05) is 17.0 Å². The quantitative estimate of drug-likeness (QED) is 0.573. The zero-order valence-corrected chi connectivity index (χ0v) is 6.19. The molecule has 0 aromatic carbocycles. The maximum atomic E-state index is 3.96. The molecule has 1 unspecified atom stereocenters. The second-order valence-electron chi connectivity index (χ2n) is 1.93. The van der Waals surface area contributed by atoms with E-state index in [9.17, 15) is 0 Å². The molecule has 48 valence electrons. The average Bonchev–Trinajstić information content (AvgIpc) is 2.37. The van der Waals surface area contributed by atoms with Gasteiger partial charge in [-0.2, -0.15) is 0 Å². The molecule has 0 N–H and O–H groups in total. The lowest BCUT2D eigenvalue weighted by Gasteiger charge is -1.97. The van der Waals surface area contributed by atoms with Crippen molar-refractivity contribution in [2.45, 2.75) is 12.8 Å². The van der Waals surface area contributed by atoms with Crippen molar-refractivity contribution in [1.29, 1.82) is 0 Å². The molecule has 0 aliphatic rings. The van der Waals surface area contributed by atoms with Gasteiger partial charge in [-0.05, 0) is 0 Å². The van der Waals surface area contributed by atoms with Gasteiger partial charge in [0.15, 0.2) is 0 Å². The fourth-order valence-electron chi connectivity index (χ4n) is 0.567. The summed E-state index contributed by atoms with van der Waals surface area (Å²) in [6.07, 6.45) is 3.81. The first-order valence-electron chi connectivity index (χ1n) is 2.85. The number of thiazole rings is 1.